The molecule has 2 heterocycles. The lowest BCUT2D eigenvalue weighted by Crippen LogP contribution is -1.95. The Morgan fingerprint density at radius 2 is 1.62 bits per heavy atom. The van der Waals surface area contributed by atoms with Crippen LogP contribution in [0.25, 0.3) is 55.1 Å². The Hall–Kier alpha value is -3.91. The maximum atomic E-state index is 6.45. The molecule has 0 saturated heterocycles. The molecule has 0 aliphatic carbocycles. The Kier molecular flexibility index (Phi) is 4.95. The van der Waals surface area contributed by atoms with Gasteiger partial charge in [0.05, 0.1) is 5.69 Å². The molecule has 0 radical (unpaired) electrons. The van der Waals surface area contributed by atoms with Gasteiger partial charge in [-0.3, -0.25) is 4.98 Å². The molecule has 0 bridgehead atoms. The summed E-state index contributed by atoms with van der Waals surface area (Å²) < 4.78 is 6.45. The molecular weight excluding hydrogens is 414 g/mol. The number of fused-ring (bicyclic) bond motifs is 4. The van der Waals surface area contributed by atoms with Crippen molar-refractivity contribution in [3.63, 3.8) is 0 Å². The van der Waals surface area contributed by atoms with Crippen molar-refractivity contribution in [1.82, 2.24) is 4.98 Å². The molecule has 2 aromatic heterocycles. The summed E-state index contributed by atoms with van der Waals surface area (Å²) in [5.74, 6) is 0.603. The van der Waals surface area contributed by atoms with Gasteiger partial charge in [-0.1, -0.05) is 62.4 Å². The fraction of sp³-hybridized carbons (Fsp3) is 0.156. The van der Waals surface area contributed by atoms with E-state index in [0.29, 0.717) is 5.92 Å². The molecule has 0 atom stereocenters. The summed E-state index contributed by atoms with van der Waals surface area (Å²) >= 11 is 0. The van der Waals surface area contributed by atoms with E-state index in [1.165, 1.54) is 33.0 Å². The van der Waals surface area contributed by atoms with E-state index in [1.54, 1.807) is 0 Å². The van der Waals surface area contributed by atoms with Crippen LogP contribution in [0.3, 0.4) is 0 Å². The predicted molar refractivity (Wildman–Crippen MR) is 143 cm³/mol. The number of aromatic nitrogens is 1. The maximum Gasteiger partial charge on any atom is 0.144 e. The van der Waals surface area contributed by atoms with E-state index in [9.17, 15) is 0 Å². The first-order valence-corrected chi connectivity index (χ1v) is 12.0. The van der Waals surface area contributed by atoms with Crippen LogP contribution in [-0.2, 0) is 6.42 Å². The average Bonchev–Trinajstić information content (AvgIpc) is 3.20. The van der Waals surface area contributed by atoms with Crippen LogP contribution in [0.1, 0.15) is 25.0 Å². The second-order valence-corrected chi connectivity index (χ2v) is 9.68. The number of nitrogens with zero attached hydrogens (tertiary/aromatic N) is 1. The van der Waals surface area contributed by atoms with Crippen LogP contribution in [0.4, 0.5) is 0 Å². The second-order valence-electron chi connectivity index (χ2n) is 9.68. The van der Waals surface area contributed by atoms with Crippen LogP contribution in [-0.4, -0.2) is 4.98 Å². The molecule has 0 unspecified atom stereocenters. The fourth-order valence-corrected chi connectivity index (χ4v) is 5.08. The van der Waals surface area contributed by atoms with Crippen molar-refractivity contribution in [1.29, 1.82) is 0 Å². The molecule has 0 saturated carbocycles. The number of rotatable bonds is 4. The minimum Gasteiger partial charge on any atom is -0.455 e. The first-order valence-electron chi connectivity index (χ1n) is 12.0. The third-order valence-electron chi connectivity index (χ3n) is 6.56. The highest BCUT2D eigenvalue weighted by molar-refractivity contribution is 6.11. The zero-order valence-corrected chi connectivity index (χ0v) is 19.8. The highest BCUT2D eigenvalue weighted by Gasteiger charge is 2.16. The zero-order valence-electron chi connectivity index (χ0n) is 19.8. The van der Waals surface area contributed by atoms with E-state index in [2.05, 4.69) is 106 Å². The molecule has 34 heavy (non-hydrogen) atoms. The fourth-order valence-electron chi connectivity index (χ4n) is 5.08. The minimum atomic E-state index is 0.603. The molecule has 2 nitrogen and oxygen atoms in total. The molecule has 166 valence electrons. The van der Waals surface area contributed by atoms with E-state index < -0.39 is 0 Å². The van der Waals surface area contributed by atoms with Crippen molar-refractivity contribution in [3.05, 3.63) is 102 Å². The summed E-state index contributed by atoms with van der Waals surface area (Å²) in [5, 5.41) is 4.80. The van der Waals surface area contributed by atoms with Gasteiger partial charge in [-0.25, -0.2) is 0 Å². The van der Waals surface area contributed by atoms with Crippen LogP contribution >= 0.6 is 0 Å². The molecule has 0 fully saturated rings. The molecule has 4 aromatic carbocycles. The third kappa shape index (κ3) is 3.56. The largest absolute Gasteiger partial charge is 0.455 e. The Balaban J connectivity index is 1.56. The normalized spacial score (nSPS) is 11.8. The van der Waals surface area contributed by atoms with Crippen molar-refractivity contribution in [3.8, 4) is 22.4 Å². The van der Waals surface area contributed by atoms with E-state index in [0.717, 1.165) is 39.6 Å². The summed E-state index contributed by atoms with van der Waals surface area (Å²) in [6.45, 7) is 6.64. The second kappa shape index (κ2) is 8.14. The minimum absolute atomic E-state index is 0.603. The van der Waals surface area contributed by atoms with Crippen molar-refractivity contribution in [2.75, 3.05) is 0 Å². The Morgan fingerprint density at radius 3 is 2.50 bits per heavy atom. The zero-order chi connectivity index (χ0) is 23.2. The smallest absolute Gasteiger partial charge is 0.144 e. The van der Waals surface area contributed by atoms with Gasteiger partial charge in [0, 0.05) is 22.5 Å². The van der Waals surface area contributed by atoms with E-state index in [4.69, 9.17) is 9.40 Å². The Labute approximate surface area is 199 Å². The lowest BCUT2D eigenvalue weighted by Gasteiger charge is -2.08. The van der Waals surface area contributed by atoms with Crippen molar-refractivity contribution >= 4 is 32.7 Å². The molecular formula is C32H27NO. The van der Waals surface area contributed by atoms with Crippen LogP contribution in [0.5, 0.6) is 0 Å². The predicted octanol–water partition coefficient (Wildman–Crippen LogP) is 8.98. The van der Waals surface area contributed by atoms with Crippen molar-refractivity contribution < 1.29 is 4.42 Å². The molecule has 0 aliphatic heterocycles. The van der Waals surface area contributed by atoms with E-state index in [1.807, 2.05) is 6.20 Å². The first-order chi connectivity index (χ1) is 16.6. The molecule has 6 rings (SSSR count). The van der Waals surface area contributed by atoms with Gasteiger partial charge in [-0.15, -0.1) is 0 Å². The summed E-state index contributed by atoms with van der Waals surface area (Å²) in [7, 11) is 0. The highest BCUT2D eigenvalue weighted by Crippen LogP contribution is 2.39. The molecule has 0 amide bonds. The van der Waals surface area contributed by atoms with Crippen molar-refractivity contribution in [2.24, 2.45) is 5.92 Å². The lowest BCUT2D eigenvalue weighted by molar-refractivity contribution is 0.647. The molecule has 6 aromatic rings. The van der Waals surface area contributed by atoms with Crippen LogP contribution in [0.15, 0.2) is 95.5 Å². The molecule has 0 aliphatic rings. The van der Waals surface area contributed by atoms with E-state index in [-0.39, 0.29) is 0 Å². The Bertz CT molecular complexity index is 1670. The number of furan rings is 1. The van der Waals surface area contributed by atoms with Gasteiger partial charge in [0.25, 0.3) is 0 Å². The maximum absolute atomic E-state index is 6.45. The molecule has 2 heteroatoms. The van der Waals surface area contributed by atoms with E-state index >= 15 is 0 Å². The highest BCUT2D eigenvalue weighted by atomic mass is 16.3. The number of pyridine rings is 1. The monoisotopic (exact) mass is 441 g/mol. The number of hydrogen-bond donors (Lipinski definition) is 0. The van der Waals surface area contributed by atoms with Gasteiger partial charge < -0.3 is 4.42 Å². The third-order valence-corrected chi connectivity index (χ3v) is 6.56. The van der Waals surface area contributed by atoms with Gasteiger partial charge >= 0.3 is 0 Å². The SMILES string of the molecule is Cc1cc(-c2cc(CC(C)C)ccn2)c2oc3ccc(-c4cccc5ccccc45)cc3c2c1. The summed E-state index contributed by atoms with van der Waals surface area (Å²) in [5.41, 5.74) is 8.80. The topological polar surface area (TPSA) is 26.0 Å². The number of aryl methyl sites for hydroxylation is 1. The van der Waals surface area contributed by atoms with Crippen molar-refractivity contribution in [2.45, 2.75) is 27.2 Å². The van der Waals surface area contributed by atoms with Crippen LogP contribution in [0, 0.1) is 12.8 Å². The number of hydrogen-bond acceptors (Lipinski definition) is 2. The quantitative estimate of drug-likeness (QED) is 0.273. The standard InChI is InChI=1S/C32H27NO/c1-20(2)15-22-13-14-33-30(18-22)29-17-21(3)16-28-27-19-24(11-12-31(27)34-32(28)29)26-10-6-8-23-7-4-5-9-25(23)26/h4-14,16-20H,15H2,1-3H3. The summed E-state index contributed by atoms with van der Waals surface area (Å²) in [4.78, 5) is 4.72. The summed E-state index contributed by atoms with van der Waals surface area (Å²) in [6.07, 6.45) is 2.96. The lowest BCUT2D eigenvalue weighted by atomic mass is 9.96. The number of benzene rings is 4. The van der Waals surface area contributed by atoms with Crippen LogP contribution < -0.4 is 0 Å². The summed E-state index contributed by atoms with van der Waals surface area (Å²) in [6, 6.07) is 30.4. The average molecular weight is 442 g/mol. The first kappa shape index (κ1) is 20.7. The van der Waals surface area contributed by atoms with Gasteiger partial charge in [-0.2, -0.15) is 0 Å². The van der Waals surface area contributed by atoms with Crippen LogP contribution in [0.2, 0.25) is 0 Å². The Morgan fingerprint density at radius 1 is 0.765 bits per heavy atom. The molecule has 0 N–H and O–H groups in total. The molecule has 0 spiro atoms. The van der Waals surface area contributed by atoms with Gasteiger partial charge in [0.2, 0.25) is 0 Å². The van der Waals surface area contributed by atoms with Gasteiger partial charge in [-0.05, 0) is 88.7 Å². The van der Waals surface area contributed by atoms with Gasteiger partial charge in [0.1, 0.15) is 11.2 Å². The van der Waals surface area contributed by atoms with Gasteiger partial charge in [0.15, 0.2) is 0 Å².